The summed E-state index contributed by atoms with van der Waals surface area (Å²) in [6, 6.07) is 5.95. The summed E-state index contributed by atoms with van der Waals surface area (Å²) in [4.78, 5) is 40.4. The molecule has 3 rings (SSSR count). The van der Waals surface area contributed by atoms with Crippen LogP contribution in [0, 0.1) is 5.92 Å². The Kier molecular flexibility index (Phi) is 8.70. The van der Waals surface area contributed by atoms with Crippen LogP contribution in [0.3, 0.4) is 0 Å². The van der Waals surface area contributed by atoms with Crippen LogP contribution in [0.1, 0.15) is 56.8 Å². The van der Waals surface area contributed by atoms with Gasteiger partial charge < -0.3 is 15.1 Å². The molecule has 10 heteroatoms. The third-order valence-corrected chi connectivity index (χ3v) is 8.83. The Balaban J connectivity index is 1.54. The minimum atomic E-state index is -3.68. The molecule has 0 unspecified atom stereocenters. The van der Waals surface area contributed by atoms with Crippen LogP contribution in [0.2, 0.25) is 0 Å². The number of nitrogens with zero attached hydrogens (tertiary/aromatic N) is 3. The zero-order chi connectivity index (χ0) is 24.9. The summed E-state index contributed by atoms with van der Waals surface area (Å²) in [6.07, 6.45) is 3.09. The van der Waals surface area contributed by atoms with Crippen molar-refractivity contribution in [2.75, 3.05) is 39.3 Å². The summed E-state index contributed by atoms with van der Waals surface area (Å²) >= 11 is 0. The van der Waals surface area contributed by atoms with Crippen LogP contribution in [0.15, 0.2) is 29.2 Å². The lowest BCUT2D eigenvalue weighted by atomic mass is 9.98. The highest BCUT2D eigenvalue weighted by Gasteiger charge is 2.30. The Morgan fingerprint density at radius 2 is 1.47 bits per heavy atom. The normalized spacial score (nSPS) is 18.2. The van der Waals surface area contributed by atoms with Crippen molar-refractivity contribution in [2.24, 2.45) is 5.92 Å². The molecule has 0 atom stereocenters. The van der Waals surface area contributed by atoms with Crippen molar-refractivity contribution in [3.05, 3.63) is 29.8 Å². The molecule has 1 aromatic carbocycles. The summed E-state index contributed by atoms with van der Waals surface area (Å²) in [7, 11) is -3.68. The quantitative estimate of drug-likeness (QED) is 0.623. The molecule has 2 aliphatic rings. The molecule has 0 aliphatic carbocycles. The third kappa shape index (κ3) is 5.96. The number of likely N-dealkylation sites (tertiary alicyclic amines) is 1. The average molecular weight is 493 g/mol. The lowest BCUT2D eigenvalue weighted by molar-refractivity contribution is -0.136. The van der Waals surface area contributed by atoms with Gasteiger partial charge in [-0.05, 0) is 49.9 Å². The lowest BCUT2D eigenvalue weighted by Gasteiger charge is -2.34. The molecule has 3 amide bonds. The summed E-state index contributed by atoms with van der Waals surface area (Å²) in [5, 5.41) is 3.01. The van der Waals surface area contributed by atoms with Crippen molar-refractivity contribution < 1.29 is 22.8 Å². The molecule has 34 heavy (non-hydrogen) atoms. The molecule has 0 aromatic heterocycles. The molecule has 0 saturated carbocycles. The van der Waals surface area contributed by atoms with Gasteiger partial charge in [-0.2, -0.15) is 4.31 Å². The second-order valence-electron chi connectivity index (χ2n) is 9.02. The first kappa shape index (κ1) is 26.2. The summed E-state index contributed by atoms with van der Waals surface area (Å²) in [6.45, 7) is 8.06. The van der Waals surface area contributed by atoms with Gasteiger partial charge in [0.1, 0.15) is 0 Å². The molecule has 1 N–H and O–H groups in total. The van der Waals surface area contributed by atoms with Crippen molar-refractivity contribution >= 4 is 27.7 Å². The lowest BCUT2D eigenvalue weighted by Crippen LogP contribution is -2.49. The molecule has 188 valence electrons. The fourth-order valence-corrected chi connectivity index (χ4v) is 6.00. The Hall–Kier alpha value is -2.46. The minimum absolute atomic E-state index is 0.0146. The van der Waals surface area contributed by atoms with E-state index in [0.717, 1.165) is 12.8 Å². The van der Waals surface area contributed by atoms with Crippen molar-refractivity contribution in [1.29, 1.82) is 0 Å². The van der Waals surface area contributed by atoms with Crippen molar-refractivity contribution in [2.45, 2.75) is 57.4 Å². The first-order valence-electron chi connectivity index (χ1n) is 12.1. The number of amides is 3. The van der Waals surface area contributed by atoms with E-state index in [1.165, 1.54) is 35.5 Å². The highest BCUT2D eigenvalue weighted by atomic mass is 32.2. The Morgan fingerprint density at radius 3 is 1.97 bits per heavy atom. The molecule has 1 aromatic rings. The van der Waals surface area contributed by atoms with Crippen molar-refractivity contribution in [3.63, 3.8) is 0 Å². The topological polar surface area (TPSA) is 107 Å². The molecule has 2 fully saturated rings. The van der Waals surface area contributed by atoms with Gasteiger partial charge in [-0.15, -0.1) is 0 Å². The van der Waals surface area contributed by atoms with Crippen LogP contribution in [-0.2, 0) is 19.6 Å². The van der Waals surface area contributed by atoms with Crippen LogP contribution < -0.4 is 5.32 Å². The second-order valence-corrected chi connectivity index (χ2v) is 11.0. The van der Waals surface area contributed by atoms with Gasteiger partial charge in [0.2, 0.25) is 21.8 Å². The first-order chi connectivity index (χ1) is 16.2. The summed E-state index contributed by atoms with van der Waals surface area (Å²) < 4.78 is 27.2. The van der Waals surface area contributed by atoms with Crippen LogP contribution in [0.5, 0.6) is 0 Å². The fraction of sp³-hybridized carbons (Fsp3) is 0.625. The van der Waals surface area contributed by atoms with Gasteiger partial charge in [-0.25, -0.2) is 8.42 Å². The summed E-state index contributed by atoms with van der Waals surface area (Å²) in [5.74, 6) is -0.0344. The molecule has 9 nitrogen and oxygen atoms in total. The molecule has 0 bridgehead atoms. The number of piperidine rings is 1. The Morgan fingerprint density at radius 1 is 0.912 bits per heavy atom. The third-order valence-electron chi connectivity index (χ3n) is 6.91. The zero-order valence-corrected chi connectivity index (χ0v) is 21.1. The number of carbonyl (C=O) groups is 3. The van der Waals surface area contributed by atoms with E-state index in [0.29, 0.717) is 44.6 Å². The molecule has 2 heterocycles. The maximum atomic E-state index is 12.9. The van der Waals surface area contributed by atoms with Gasteiger partial charge in [0.25, 0.3) is 5.91 Å². The molecular weight excluding hydrogens is 456 g/mol. The maximum absolute atomic E-state index is 12.9. The summed E-state index contributed by atoms with van der Waals surface area (Å²) in [5.41, 5.74) is 0.399. The second kappa shape index (κ2) is 11.3. The van der Waals surface area contributed by atoms with Gasteiger partial charge in [-0.3, -0.25) is 14.4 Å². The highest BCUT2D eigenvalue weighted by molar-refractivity contribution is 7.89. The van der Waals surface area contributed by atoms with E-state index in [2.05, 4.69) is 5.32 Å². The number of sulfonamides is 1. The maximum Gasteiger partial charge on any atom is 0.251 e. The number of hydrogen-bond donors (Lipinski definition) is 1. The minimum Gasteiger partial charge on any atom is -0.349 e. The van der Waals surface area contributed by atoms with Crippen molar-refractivity contribution in [1.82, 2.24) is 19.4 Å². The SMILES string of the molecule is CCC(CC)C(=O)N1CCC(NC(=O)c2ccc(S(=O)(=O)N3CCN(C(C)=O)CC3)cc2)CC1. The first-order valence-corrected chi connectivity index (χ1v) is 13.6. The van der Waals surface area contributed by atoms with E-state index in [1.54, 1.807) is 4.90 Å². The standard InChI is InChI=1S/C24H36N4O5S/c1-4-19(5-2)24(31)27-12-10-21(11-13-27)25-23(30)20-6-8-22(9-7-20)34(32,33)28-16-14-26(15-17-28)18(3)29/h6-9,19,21H,4-5,10-17H2,1-3H3,(H,25,30). The van der Waals surface area contributed by atoms with Crippen LogP contribution in [0.25, 0.3) is 0 Å². The molecule has 0 radical (unpaired) electrons. The van der Waals surface area contributed by atoms with Crippen LogP contribution in [0.4, 0.5) is 0 Å². The van der Waals surface area contributed by atoms with Crippen LogP contribution >= 0.6 is 0 Å². The van der Waals surface area contributed by atoms with E-state index in [9.17, 15) is 22.8 Å². The number of carbonyl (C=O) groups excluding carboxylic acids is 3. The van der Waals surface area contributed by atoms with Gasteiger partial charge in [-0.1, -0.05) is 13.8 Å². The zero-order valence-electron chi connectivity index (χ0n) is 20.3. The average Bonchev–Trinajstić information content (AvgIpc) is 2.85. The van der Waals surface area contributed by atoms with Gasteiger partial charge in [0, 0.05) is 63.7 Å². The smallest absolute Gasteiger partial charge is 0.251 e. The van der Waals surface area contributed by atoms with Crippen LogP contribution in [-0.4, -0.2) is 85.6 Å². The largest absolute Gasteiger partial charge is 0.349 e. The van der Waals surface area contributed by atoms with Crippen molar-refractivity contribution in [3.8, 4) is 0 Å². The van der Waals surface area contributed by atoms with E-state index in [1.807, 2.05) is 18.7 Å². The van der Waals surface area contributed by atoms with Gasteiger partial charge >= 0.3 is 0 Å². The Labute approximate surface area is 202 Å². The van der Waals surface area contributed by atoms with E-state index in [-0.39, 0.29) is 47.7 Å². The van der Waals surface area contributed by atoms with Gasteiger partial charge in [0.15, 0.2) is 0 Å². The number of piperazine rings is 1. The van der Waals surface area contributed by atoms with E-state index < -0.39 is 10.0 Å². The predicted octanol–water partition coefficient (Wildman–Crippen LogP) is 1.70. The number of nitrogens with one attached hydrogen (secondary N) is 1. The Bertz CT molecular complexity index is 975. The fourth-order valence-electron chi connectivity index (χ4n) is 4.58. The number of rotatable bonds is 7. The van der Waals surface area contributed by atoms with Gasteiger partial charge in [0.05, 0.1) is 4.90 Å². The molecular formula is C24H36N4O5S. The molecule has 2 aliphatic heterocycles. The number of hydrogen-bond acceptors (Lipinski definition) is 5. The predicted molar refractivity (Wildman–Crippen MR) is 129 cm³/mol. The molecule has 2 saturated heterocycles. The number of benzene rings is 1. The van der Waals surface area contributed by atoms with E-state index in [4.69, 9.17) is 0 Å². The van der Waals surface area contributed by atoms with E-state index >= 15 is 0 Å². The molecule has 0 spiro atoms. The monoisotopic (exact) mass is 492 g/mol. The highest BCUT2D eigenvalue weighted by Crippen LogP contribution is 2.20.